The van der Waals surface area contributed by atoms with E-state index in [-0.39, 0.29) is 10.8 Å². The van der Waals surface area contributed by atoms with Crippen molar-refractivity contribution in [3.8, 4) is 0 Å². The summed E-state index contributed by atoms with van der Waals surface area (Å²) in [6.07, 6.45) is 6.24. The number of fused-ring (bicyclic) bond motifs is 3. The number of carbonyl (C=O) groups excluding carboxylic acids is 1. The van der Waals surface area contributed by atoms with Gasteiger partial charge in [0, 0.05) is 24.0 Å². The van der Waals surface area contributed by atoms with E-state index in [1.165, 1.54) is 0 Å². The number of nitrogens with zero attached hydrogens (tertiary/aromatic N) is 1. The molecule has 0 radical (unpaired) electrons. The third-order valence-electron chi connectivity index (χ3n) is 8.98. The standard InChI is InChI=1S/C22H22N2O3S/c25-16-9-14-13-8-15(23-24-28(26,27)10-4-2-1-3-5-10)18-11-6-7-12-17(11)22(20(13)18)21(14)19(12)16/h1-7,11-14,17-22,24H,8-9H2/b23-15-/t11-,12+,13+,14-,17-,18+,19+,20-,21-,22-/m1/s1. The van der Waals surface area contributed by atoms with Crippen molar-refractivity contribution in [3.05, 3.63) is 42.5 Å². The van der Waals surface area contributed by atoms with Crippen LogP contribution in [0.4, 0.5) is 0 Å². The summed E-state index contributed by atoms with van der Waals surface area (Å²) in [5.41, 5.74) is 1.02. The number of hydrogen-bond donors (Lipinski definition) is 1. The Bertz CT molecular complexity index is 1060. The van der Waals surface area contributed by atoms with Gasteiger partial charge in [-0.3, -0.25) is 4.79 Å². The number of sulfonamides is 1. The van der Waals surface area contributed by atoms with E-state index in [0.29, 0.717) is 59.0 Å². The molecule has 0 saturated heterocycles. The van der Waals surface area contributed by atoms with Crippen LogP contribution in [0.15, 0.2) is 52.5 Å². The number of hydrogen-bond acceptors (Lipinski definition) is 4. The highest BCUT2D eigenvalue weighted by Gasteiger charge is 2.76. The number of nitrogens with one attached hydrogen (secondary N) is 1. The van der Waals surface area contributed by atoms with E-state index in [0.717, 1.165) is 18.6 Å². The molecule has 5 fully saturated rings. The van der Waals surface area contributed by atoms with Crippen LogP contribution in [0.2, 0.25) is 0 Å². The fraction of sp³-hybridized carbons (Fsp3) is 0.545. The zero-order valence-electron chi connectivity index (χ0n) is 15.3. The van der Waals surface area contributed by atoms with Crippen LogP contribution < -0.4 is 4.83 Å². The lowest BCUT2D eigenvalue weighted by atomic mass is 9.83. The van der Waals surface area contributed by atoms with Crippen molar-refractivity contribution in [1.82, 2.24) is 4.83 Å². The Hall–Kier alpha value is -1.95. The molecule has 0 spiro atoms. The van der Waals surface area contributed by atoms with Gasteiger partial charge in [-0.25, -0.2) is 4.83 Å². The Morgan fingerprint density at radius 1 is 0.857 bits per heavy atom. The minimum absolute atomic E-state index is 0.242. The van der Waals surface area contributed by atoms with Crippen molar-refractivity contribution in [2.45, 2.75) is 17.7 Å². The molecule has 7 rings (SSSR count). The number of ketones is 1. The predicted molar refractivity (Wildman–Crippen MR) is 102 cm³/mol. The average molecular weight is 394 g/mol. The quantitative estimate of drug-likeness (QED) is 0.632. The second-order valence-corrected chi connectivity index (χ2v) is 11.3. The van der Waals surface area contributed by atoms with Crippen LogP contribution in [0.5, 0.6) is 0 Å². The Kier molecular flexibility index (Phi) is 2.82. The third kappa shape index (κ3) is 1.69. The molecule has 0 bridgehead atoms. The summed E-state index contributed by atoms with van der Waals surface area (Å²) in [6.45, 7) is 0. The first-order chi connectivity index (χ1) is 13.6. The minimum Gasteiger partial charge on any atom is -0.299 e. The van der Waals surface area contributed by atoms with E-state index in [4.69, 9.17) is 0 Å². The largest absolute Gasteiger partial charge is 0.299 e. The van der Waals surface area contributed by atoms with E-state index in [1.807, 2.05) is 0 Å². The summed E-state index contributed by atoms with van der Waals surface area (Å²) in [5, 5.41) is 4.49. The second-order valence-electron chi connectivity index (χ2n) is 9.61. The number of carbonyl (C=O) groups is 1. The first kappa shape index (κ1) is 15.9. The lowest BCUT2D eigenvalue weighted by molar-refractivity contribution is -0.122. The highest BCUT2D eigenvalue weighted by molar-refractivity contribution is 7.89. The third-order valence-corrected chi connectivity index (χ3v) is 10.2. The van der Waals surface area contributed by atoms with E-state index in [9.17, 15) is 13.2 Å². The minimum atomic E-state index is -3.64. The molecule has 28 heavy (non-hydrogen) atoms. The van der Waals surface area contributed by atoms with Gasteiger partial charge >= 0.3 is 0 Å². The molecule has 144 valence electrons. The Labute approximate surface area is 164 Å². The Morgan fingerprint density at radius 3 is 2.32 bits per heavy atom. The molecule has 1 aromatic rings. The summed E-state index contributed by atoms with van der Waals surface area (Å²) >= 11 is 0. The zero-order chi connectivity index (χ0) is 18.8. The summed E-state index contributed by atoms with van der Waals surface area (Å²) in [5.74, 6) is 5.50. The Balaban J connectivity index is 1.26. The molecule has 6 aliphatic carbocycles. The van der Waals surface area contributed by atoms with Gasteiger partial charge in [0.1, 0.15) is 5.78 Å². The SMILES string of the molecule is O=C1C[C@@H]2[C@@H]3C/C(=N/NS(=O)(=O)c4ccccc4)[C@@H]4[C@@H]5C=C[C@@H]6[C@@H]1[C@@H]2[C@H]([C@@H]65)[C@H]34. The molecule has 0 heterocycles. The molecular weight excluding hydrogens is 372 g/mol. The monoisotopic (exact) mass is 394 g/mol. The van der Waals surface area contributed by atoms with Crippen LogP contribution >= 0.6 is 0 Å². The van der Waals surface area contributed by atoms with Gasteiger partial charge in [0.25, 0.3) is 10.0 Å². The van der Waals surface area contributed by atoms with Gasteiger partial charge in [-0.15, -0.1) is 0 Å². The molecule has 10 atom stereocenters. The summed E-state index contributed by atoms with van der Waals surface area (Å²) in [7, 11) is -3.64. The molecule has 0 unspecified atom stereocenters. The number of allylic oxidation sites excluding steroid dienone is 2. The fourth-order valence-electron chi connectivity index (χ4n) is 8.52. The molecule has 0 amide bonds. The van der Waals surface area contributed by atoms with Crippen molar-refractivity contribution < 1.29 is 13.2 Å². The van der Waals surface area contributed by atoms with Crippen LogP contribution in [0.1, 0.15) is 12.8 Å². The van der Waals surface area contributed by atoms with Crippen LogP contribution in [0.3, 0.4) is 0 Å². The maximum atomic E-state index is 12.7. The van der Waals surface area contributed by atoms with E-state index in [2.05, 4.69) is 22.1 Å². The molecule has 5 nitrogen and oxygen atoms in total. The van der Waals surface area contributed by atoms with E-state index >= 15 is 0 Å². The number of hydrazone groups is 1. The van der Waals surface area contributed by atoms with Gasteiger partial charge in [0.2, 0.25) is 0 Å². The topological polar surface area (TPSA) is 75.6 Å². The molecule has 0 aromatic heterocycles. The number of rotatable bonds is 3. The van der Waals surface area contributed by atoms with Crippen molar-refractivity contribution in [1.29, 1.82) is 0 Å². The van der Waals surface area contributed by atoms with Crippen molar-refractivity contribution in [3.63, 3.8) is 0 Å². The smallest absolute Gasteiger partial charge is 0.276 e. The summed E-state index contributed by atoms with van der Waals surface area (Å²) in [4.78, 5) is 15.5. The van der Waals surface area contributed by atoms with Gasteiger partial charge in [0.05, 0.1) is 4.90 Å². The van der Waals surface area contributed by atoms with Crippen molar-refractivity contribution in [2.24, 2.45) is 64.3 Å². The normalized spacial score (nSPS) is 50.1. The average Bonchev–Trinajstić information content (AvgIpc) is 3.45. The molecule has 5 saturated carbocycles. The van der Waals surface area contributed by atoms with Gasteiger partial charge in [-0.1, -0.05) is 30.4 Å². The molecule has 0 aliphatic heterocycles. The van der Waals surface area contributed by atoms with E-state index in [1.54, 1.807) is 30.3 Å². The highest BCUT2D eigenvalue weighted by Crippen LogP contribution is 2.77. The van der Waals surface area contributed by atoms with Crippen molar-refractivity contribution in [2.75, 3.05) is 0 Å². The van der Waals surface area contributed by atoms with Gasteiger partial charge < -0.3 is 0 Å². The molecule has 6 aliphatic rings. The molecule has 1 aromatic carbocycles. The fourth-order valence-corrected chi connectivity index (χ4v) is 9.38. The van der Waals surface area contributed by atoms with Gasteiger partial charge in [-0.2, -0.15) is 13.5 Å². The summed E-state index contributed by atoms with van der Waals surface area (Å²) in [6, 6.07) is 8.42. The second kappa shape index (κ2) is 4.96. The van der Waals surface area contributed by atoms with Crippen LogP contribution in [0, 0.1) is 59.2 Å². The van der Waals surface area contributed by atoms with Crippen LogP contribution in [-0.2, 0) is 14.8 Å². The molecule has 1 N–H and O–H groups in total. The molecule has 6 heteroatoms. The Morgan fingerprint density at radius 2 is 1.54 bits per heavy atom. The molecular formula is C22H22N2O3S. The summed E-state index contributed by atoms with van der Waals surface area (Å²) < 4.78 is 25.2. The van der Waals surface area contributed by atoms with Crippen molar-refractivity contribution >= 4 is 21.5 Å². The highest BCUT2D eigenvalue weighted by atomic mass is 32.2. The maximum absolute atomic E-state index is 12.7. The lowest BCUT2D eigenvalue weighted by Crippen LogP contribution is -2.26. The maximum Gasteiger partial charge on any atom is 0.276 e. The number of Topliss-reactive ketones (excluding diaryl/α,β-unsaturated/α-hetero) is 1. The predicted octanol–water partition coefficient (Wildman–Crippen LogP) is 2.47. The van der Waals surface area contributed by atoms with Crippen LogP contribution in [0.25, 0.3) is 0 Å². The zero-order valence-corrected chi connectivity index (χ0v) is 16.1. The van der Waals surface area contributed by atoms with Gasteiger partial charge in [0.15, 0.2) is 0 Å². The first-order valence-electron chi connectivity index (χ1n) is 10.4. The first-order valence-corrected chi connectivity index (χ1v) is 11.9. The lowest BCUT2D eigenvalue weighted by Gasteiger charge is -2.21. The van der Waals surface area contributed by atoms with Gasteiger partial charge in [-0.05, 0) is 65.9 Å². The number of benzene rings is 1. The van der Waals surface area contributed by atoms with E-state index < -0.39 is 10.0 Å². The van der Waals surface area contributed by atoms with Crippen LogP contribution in [-0.4, -0.2) is 19.9 Å².